The Morgan fingerprint density at radius 2 is 2.06 bits per heavy atom. The molecule has 5 heteroatoms. The summed E-state index contributed by atoms with van der Waals surface area (Å²) in [6, 6.07) is 10.8. The number of anilines is 1. The molecule has 2 aromatic rings. The van der Waals surface area contributed by atoms with Gasteiger partial charge in [0.2, 0.25) is 5.88 Å². The predicted molar refractivity (Wildman–Crippen MR) is 69.5 cm³/mol. The van der Waals surface area contributed by atoms with Crippen molar-refractivity contribution in [3.8, 4) is 17.7 Å². The third-order valence-corrected chi connectivity index (χ3v) is 2.52. The molecule has 1 aromatic heterocycles. The number of nitrogen functional groups attached to an aromatic ring is 1. The lowest BCUT2D eigenvalue weighted by molar-refractivity contribution is 0.463. The Hall–Kier alpha value is -2.25. The van der Waals surface area contributed by atoms with Gasteiger partial charge in [0.05, 0.1) is 24.4 Å². The van der Waals surface area contributed by atoms with Gasteiger partial charge in [0.25, 0.3) is 0 Å². The van der Waals surface area contributed by atoms with E-state index >= 15 is 0 Å². The molecule has 1 aromatic carbocycles. The number of hydrogen-bond donors (Lipinski definition) is 1. The van der Waals surface area contributed by atoms with Crippen LogP contribution in [0.15, 0.2) is 36.5 Å². The molecule has 0 radical (unpaired) electrons. The number of benzene rings is 1. The van der Waals surface area contributed by atoms with Crippen molar-refractivity contribution in [3.05, 3.63) is 47.1 Å². The van der Waals surface area contributed by atoms with Crippen molar-refractivity contribution in [1.29, 1.82) is 5.26 Å². The third kappa shape index (κ3) is 2.90. The van der Waals surface area contributed by atoms with Crippen LogP contribution in [-0.2, 0) is 6.42 Å². The van der Waals surface area contributed by atoms with E-state index in [9.17, 15) is 0 Å². The Morgan fingerprint density at radius 3 is 2.67 bits per heavy atom. The second-order valence-corrected chi connectivity index (χ2v) is 4.04. The van der Waals surface area contributed by atoms with Gasteiger partial charge in [-0.25, -0.2) is 4.98 Å². The molecule has 90 valence electrons. The average Bonchev–Trinajstić information content (AvgIpc) is 2.35. The van der Waals surface area contributed by atoms with Crippen LogP contribution in [-0.4, -0.2) is 4.98 Å². The zero-order valence-electron chi connectivity index (χ0n) is 9.43. The Kier molecular flexibility index (Phi) is 3.66. The molecule has 0 spiro atoms. The molecule has 0 aliphatic carbocycles. The van der Waals surface area contributed by atoms with Crippen molar-refractivity contribution in [2.45, 2.75) is 6.42 Å². The molecule has 0 bridgehead atoms. The number of hydrogen-bond acceptors (Lipinski definition) is 4. The van der Waals surface area contributed by atoms with Gasteiger partial charge in [-0.15, -0.1) is 0 Å². The number of halogens is 1. The summed E-state index contributed by atoms with van der Waals surface area (Å²) in [7, 11) is 0. The van der Waals surface area contributed by atoms with Gasteiger partial charge in [0.1, 0.15) is 10.8 Å². The largest absolute Gasteiger partial charge is 0.438 e. The summed E-state index contributed by atoms with van der Waals surface area (Å²) < 4.78 is 5.52. The van der Waals surface area contributed by atoms with Crippen LogP contribution < -0.4 is 10.5 Å². The van der Waals surface area contributed by atoms with Crippen LogP contribution in [0.1, 0.15) is 5.56 Å². The highest BCUT2D eigenvalue weighted by atomic mass is 35.5. The van der Waals surface area contributed by atoms with Crippen LogP contribution in [0.25, 0.3) is 0 Å². The van der Waals surface area contributed by atoms with E-state index in [0.29, 0.717) is 28.8 Å². The fourth-order valence-electron chi connectivity index (χ4n) is 1.39. The minimum absolute atomic E-state index is 0.305. The SMILES string of the molecule is N#CCc1ccc(Oc2ncc(N)cc2Cl)cc1. The van der Waals surface area contributed by atoms with Crippen molar-refractivity contribution in [3.63, 3.8) is 0 Å². The van der Waals surface area contributed by atoms with E-state index in [-0.39, 0.29) is 0 Å². The lowest BCUT2D eigenvalue weighted by Gasteiger charge is -2.07. The fourth-order valence-corrected chi connectivity index (χ4v) is 1.61. The zero-order chi connectivity index (χ0) is 13.0. The van der Waals surface area contributed by atoms with Crippen LogP contribution in [0.4, 0.5) is 5.69 Å². The summed E-state index contributed by atoms with van der Waals surface area (Å²) >= 11 is 5.95. The molecule has 0 unspecified atom stereocenters. The van der Waals surface area contributed by atoms with Crippen molar-refractivity contribution >= 4 is 17.3 Å². The molecule has 2 N–H and O–H groups in total. The maximum atomic E-state index is 8.57. The van der Waals surface area contributed by atoms with Gasteiger partial charge in [-0.2, -0.15) is 5.26 Å². The molecular formula is C13H10ClN3O. The third-order valence-electron chi connectivity index (χ3n) is 2.25. The van der Waals surface area contributed by atoms with Crippen LogP contribution in [0, 0.1) is 11.3 Å². The van der Waals surface area contributed by atoms with E-state index in [1.165, 1.54) is 6.20 Å². The number of nitriles is 1. The van der Waals surface area contributed by atoms with Gasteiger partial charge >= 0.3 is 0 Å². The first-order valence-corrected chi connectivity index (χ1v) is 5.61. The Labute approximate surface area is 110 Å². The van der Waals surface area contributed by atoms with Gasteiger partial charge in [0, 0.05) is 0 Å². The second kappa shape index (κ2) is 5.39. The number of aromatic nitrogens is 1. The lowest BCUT2D eigenvalue weighted by Crippen LogP contribution is -1.92. The fraction of sp³-hybridized carbons (Fsp3) is 0.0769. The number of nitrogens with two attached hydrogens (primary N) is 1. The molecule has 0 saturated heterocycles. The van der Waals surface area contributed by atoms with E-state index in [4.69, 9.17) is 27.3 Å². The first kappa shape index (κ1) is 12.2. The number of nitrogens with zero attached hydrogens (tertiary/aromatic N) is 2. The van der Waals surface area contributed by atoms with E-state index in [0.717, 1.165) is 5.56 Å². The molecule has 4 nitrogen and oxygen atoms in total. The summed E-state index contributed by atoms with van der Waals surface area (Å²) in [4.78, 5) is 4.00. The monoisotopic (exact) mass is 259 g/mol. The van der Waals surface area contributed by atoms with Crippen molar-refractivity contribution in [2.24, 2.45) is 0 Å². The van der Waals surface area contributed by atoms with Crippen LogP contribution >= 0.6 is 11.6 Å². The Morgan fingerprint density at radius 1 is 1.33 bits per heavy atom. The zero-order valence-corrected chi connectivity index (χ0v) is 10.2. The predicted octanol–water partition coefficient (Wildman–Crippen LogP) is 3.18. The highest BCUT2D eigenvalue weighted by Gasteiger charge is 2.05. The van der Waals surface area contributed by atoms with Gasteiger partial charge < -0.3 is 10.5 Å². The standard InChI is InChI=1S/C13H10ClN3O/c14-12-7-10(16)8-17-13(12)18-11-3-1-9(2-4-11)5-6-15/h1-4,7-8H,5,16H2. The summed E-state index contributed by atoms with van der Waals surface area (Å²) in [6.45, 7) is 0. The van der Waals surface area contributed by atoms with Crippen molar-refractivity contribution < 1.29 is 4.74 Å². The number of rotatable bonds is 3. The van der Waals surface area contributed by atoms with Gasteiger partial charge in [-0.05, 0) is 23.8 Å². The van der Waals surface area contributed by atoms with Gasteiger partial charge in [-0.1, -0.05) is 23.7 Å². The molecule has 0 aliphatic heterocycles. The van der Waals surface area contributed by atoms with Gasteiger partial charge in [0.15, 0.2) is 0 Å². The Bertz CT molecular complexity index is 590. The van der Waals surface area contributed by atoms with E-state index in [2.05, 4.69) is 11.1 Å². The highest BCUT2D eigenvalue weighted by molar-refractivity contribution is 6.32. The first-order valence-electron chi connectivity index (χ1n) is 5.24. The quantitative estimate of drug-likeness (QED) is 0.919. The Balaban J connectivity index is 2.16. The molecule has 0 amide bonds. The van der Waals surface area contributed by atoms with Gasteiger partial charge in [-0.3, -0.25) is 0 Å². The lowest BCUT2D eigenvalue weighted by atomic mass is 10.2. The summed E-state index contributed by atoms with van der Waals surface area (Å²) in [5.74, 6) is 0.912. The van der Waals surface area contributed by atoms with Crippen molar-refractivity contribution in [2.75, 3.05) is 5.73 Å². The van der Waals surface area contributed by atoms with E-state index in [1.54, 1.807) is 18.2 Å². The van der Waals surface area contributed by atoms with Crippen LogP contribution in [0.3, 0.4) is 0 Å². The van der Waals surface area contributed by atoms with Crippen LogP contribution in [0.2, 0.25) is 5.02 Å². The average molecular weight is 260 g/mol. The highest BCUT2D eigenvalue weighted by Crippen LogP contribution is 2.28. The molecule has 0 fully saturated rings. The molecule has 2 rings (SSSR count). The summed E-state index contributed by atoms with van der Waals surface area (Å²) in [5, 5.41) is 8.92. The second-order valence-electron chi connectivity index (χ2n) is 3.64. The van der Waals surface area contributed by atoms with E-state index in [1.807, 2.05) is 12.1 Å². The number of pyridine rings is 1. The minimum Gasteiger partial charge on any atom is -0.438 e. The molecule has 0 aliphatic rings. The van der Waals surface area contributed by atoms with Crippen molar-refractivity contribution in [1.82, 2.24) is 4.98 Å². The maximum Gasteiger partial charge on any atom is 0.238 e. The first-order chi connectivity index (χ1) is 8.69. The maximum absolute atomic E-state index is 8.57. The van der Waals surface area contributed by atoms with E-state index < -0.39 is 0 Å². The van der Waals surface area contributed by atoms with Crippen LogP contribution in [0.5, 0.6) is 11.6 Å². The smallest absolute Gasteiger partial charge is 0.238 e. The summed E-state index contributed by atoms with van der Waals surface area (Å²) in [6.07, 6.45) is 1.85. The molecule has 18 heavy (non-hydrogen) atoms. The topological polar surface area (TPSA) is 71.9 Å². The molecule has 1 heterocycles. The molecule has 0 atom stereocenters. The molecule has 0 saturated carbocycles. The minimum atomic E-state index is 0.305. The summed E-state index contributed by atoms with van der Waals surface area (Å²) in [5.41, 5.74) is 6.96. The normalized spacial score (nSPS) is 9.78. The molecular weight excluding hydrogens is 250 g/mol. The number of ether oxygens (including phenoxy) is 1.